The van der Waals surface area contributed by atoms with Crippen LogP contribution in [0.15, 0.2) is 12.1 Å². The van der Waals surface area contributed by atoms with Crippen molar-refractivity contribution in [3.8, 4) is 0 Å². The van der Waals surface area contributed by atoms with Gasteiger partial charge in [-0.1, -0.05) is 0 Å². The van der Waals surface area contributed by atoms with Crippen molar-refractivity contribution in [1.29, 1.82) is 0 Å². The van der Waals surface area contributed by atoms with Crippen molar-refractivity contribution < 1.29 is 13.2 Å². The number of nitrogens with zero attached hydrogens (tertiary/aromatic N) is 1. The van der Waals surface area contributed by atoms with E-state index in [4.69, 9.17) is 0 Å². The number of nitrogens with one attached hydrogen (secondary N) is 1. The van der Waals surface area contributed by atoms with E-state index in [1.807, 2.05) is 0 Å². The largest absolute Gasteiger partial charge is 0.317 e. The molecule has 0 atom stereocenters. The summed E-state index contributed by atoms with van der Waals surface area (Å²) in [7, 11) is 0. The molecule has 1 saturated carbocycles. The molecule has 0 amide bonds. The summed E-state index contributed by atoms with van der Waals surface area (Å²) in [6.07, 6.45) is 4.60. The van der Waals surface area contributed by atoms with Gasteiger partial charge in [0.05, 0.1) is 0 Å². The first-order valence-corrected chi connectivity index (χ1v) is 7.71. The summed E-state index contributed by atoms with van der Waals surface area (Å²) in [4.78, 5) is 2.31. The van der Waals surface area contributed by atoms with E-state index in [0.717, 1.165) is 57.5 Å². The third kappa shape index (κ3) is 3.77. The monoisotopic (exact) mass is 298 g/mol. The summed E-state index contributed by atoms with van der Waals surface area (Å²) in [6.45, 7) is 3.56. The van der Waals surface area contributed by atoms with Crippen LogP contribution in [0.25, 0.3) is 0 Å². The van der Waals surface area contributed by atoms with Crippen LogP contribution in [0, 0.1) is 23.4 Å². The summed E-state index contributed by atoms with van der Waals surface area (Å²) in [5.74, 6) is -2.93. The van der Waals surface area contributed by atoms with E-state index < -0.39 is 17.5 Å². The average molecular weight is 298 g/mol. The van der Waals surface area contributed by atoms with Crippen molar-refractivity contribution in [2.45, 2.75) is 38.3 Å². The lowest BCUT2D eigenvalue weighted by atomic mass is 9.97. The molecule has 1 heterocycles. The first-order valence-electron chi connectivity index (χ1n) is 7.71. The molecule has 2 nitrogen and oxygen atoms in total. The minimum atomic E-state index is -1.38. The Balaban J connectivity index is 1.67. The minimum Gasteiger partial charge on any atom is -0.317 e. The van der Waals surface area contributed by atoms with Gasteiger partial charge in [0.2, 0.25) is 0 Å². The van der Waals surface area contributed by atoms with E-state index in [9.17, 15) is 13.2 Å². The van der Waals surface area contributed by atoms with E-state index >= 15 is 0 Å². The number of hydrogen-bond donors (Lipinski definition) is 1. The third-order valence-corrected chi connectivity index (χ3v) is 4.44. The first kappa shape index (κ1) is 14.9. The van der Waals surface area contributed by atoms with Crippen LogP contribution in [-0.2, 0) is 6.54 Å². The molecule has 5 heteroatoms. The van der Waals surface area contributed by atoms with Crippen molar-refractivity contribution >= 4 is 0 Å². The molecule has 0 aromatic heterocycles. The maximum atomic E-state index is 13.3. The van der Waals surface area contributed by atoms with Crippen LogP contribution < -0.4 is 5.32 Å². The van der Waals surface area contributed by atoms with Gasteiger partial charge in [0.25, 0.3) is 0 Å². The maximum Gasteiger partial charge on any atom is 0.194 e. The van der Waals surface area contributed by atoms with Crippen LogP contribution >= 0.6 is 0 Å². The van der Waals surface area contributed by atoms with Crippen LogP contribution in [-0.4, -0.2) is 30.6 Å². The molecule has 0 spiro atoms. The van der Waals surface area contributed by atoms with Gasteiger partial charge in [0.1, 0.15) is 0 Å². The van der Waals surface area contributed by atoms with E-state index in [2.05, 4.69) is 10.2 Å². The SMILES string of the molecule is Fc1cc(CN(CC2CCNCC2)C2CC2)cc(F)c1F. The van der Waals surface area contributed by atoms with Crippen molar-refractivity contribution in [3.63, 3.8) is 0 Å². The number of hydrogen-bond acceptors (Lipinski definition) is 2. The Morgan fingerprint density at radius 3 is 2.19 bits per heavy atom. The maximum absolute atomic E-state index is 13.3. The highest BCUT2D eigenvalue weighted by Crippen LogP contribution is 2.30. The molecule has 0 unspecified atom stereocenters. The molecule has 1 N–H and O–H groups in total. The molecular formula is C16H21F3N2. The summed E-state index contributed by atoms with van der Waals surface area (Å²) >= 11 is 0. The zero-order valence-corrected chi connectivity index (χ0v) is 12.0. The highest BCUT2D eigenvalue weighted by molar-refractivity contribution is 5.19. The van der Waals surface area contributed by atoms with Gasteiger partial charge >= 0.3 is 0 Å². The van der Waals surface area contributed by atoms with Gasteiger partial charge in [-0.2, -0.15) is 0 Å². The lowest BCUT2D eigenvalue weighted by molar-refractivity contribution is 0.190. The molecule has 1 saturated heterocycles. The lowest BCUT2D eigenvalue weighted by Gasteiger charge is -2.30. The van der Waals surface area contributed by atoms with Gasteiger partial charge in [-0.3, -0.25) is 4.90 Å². The highest BCUT2D eigenvalue weighted by Gasteiger charge is 2.31. The molecule has 1 aliphatic carbocycles. The molecule has 1 aliphatic heterocycles. The normalized spacial score (nSPS) is 20.2. The molecule has 3 rings (SSSR count). The van der Waals surface area contributed by atoms with Crippen molar-refractivity contribution in [2.75, 3.05) is 19.6 Å². The van der Waals surface area contributed by atoms with Crippen molar-refractivity contribution in [1.82, 2.24) is 10.2 Å². The first-order chi connectivity index (χ1) is 10.1. The summed E-state index contributed by atoms with van der Waals surface area (Å²) in [6, 6.07) is 2.77. The second-order valence-corrected chi connectivity index (χ2v) is 6.23. The third-order valence-electron chi connectivity index (χ3n) is 4.44. The quantitative estimate of drug-likeness (QED) is 0.841. The van der Waals surface area contributed by atoms with E-state index in [0.29, 0.717) is 24.1 Å². The molecule has 1 aromatic rings. The second-order valence-electron chi connectivity index (χ2n) is 6.23. The van der Waals surface area contributed by atoms with Crippen LogP contribution in [0.4, 0.5) is 13.2 Å². The summed E-state index contributed by atoms with van der Waals surface area (Å²) in [5, 5.41) is 3.34. The van der Waals surface area contributed by atoms with Gasteiger partial charge in [-0.05, 0) is 62.4 Å². The molecule has 116 valence electrons. The fourth-order valence-electron chi connectivity index (χ4n) is 3.11. The minimum absolute atomic E-state index is 0.503. The molecule has 0 radical (unpaired) electrons. The van der Waals surface area contributed by atoms with Crippen LogP contribution in [0.5, 0.6) is 0 Å². The second kappa shape index (κ2) is 6.36. The van der Waals surface area contributed by atoms with Crippen molar-refractivity contribution in [3.05, 3.63) is 35.1 Å². The number of piperidine rings is 1. The van der Waals surface area contributed by atoms with Gasteiger partial charge in [0.15, 0.2) is 17.5 Å². The summed E-state index contributed by atoms with van der Waals surface area (Å²) in [5.41, 5.74) is 0.521. The molecule has 1 aromatic carbocycles. The predicted molar refractivity (Wildman–Crippen MR) is 75.3 cm³/mol. The Labute approximate surface area is 123 Å². The van der Waals surface area contributed by atoms with E-state index in [-0.39, 0.29) is 0 Å². The Morgan fingerprint density at radius 2 is 1.62 bits per heavy atom. The van der Waals surface area contributed by atoms with Crippen LogP contribution in [0.3, 0.4) is 0 Å². The highest BCUT2D eigenvalue weighted by atomic mass is 19.2. The number of benzene rings is 1. The topological polar surface area (TPSA) is 15.3 Å². The van der Waals surface area contributed by atoms with E-state index in [1.54, 1.807) is 0 Å². The molecular weight excluding hydrogens is 277 g/mol. The van der Waals surface area contributed by atoms with Crippen LogP contribution in [0.2, 0.25) is 0 Å². The smallest absolute Gasteiger partial charge is 0.194 e. The molecule has 2 aliphatic rings. The predicted octanol–water partition coefficient (Wildman–Crippen LogP) is 3.07. The van der Waals surface area contributed by atoms with Gasteiger partial charge in [0, 0.05) is 19.1 Å². The van der Waals surface area contributed by atoms with Gasteiger partial charge in [-0.15, -0.1) is 0 Å². The molecule has 0 bridgehead atoms. The standard InChI is InChI=1S/C16H21F3N2/c17-14-7-12(8-15(18)16(14)19)10-21(13-1-2-13)9-11-3-5-20-6-4-11/h7-8,11,13,20H,1-6,9-10H2. The van der Waals surface area contributed by atoms with Crippen molar-refractivity contribution in [2.24, 2.45) is 5.92 Å². The number of rotatable bonds is 5. The Hall–Kier alpha value is -1.07. The zero-order valence-electron chi connectivity index (χ0n) is 12.0. The average Bonchev–Trinajstić information content (AvgIpc) is 3.30. The Kier molecular flexibility index (Phi) is 4.50. The van der Waals surface area contributed by atoms with E-state index in [1.165, 1.54) is 0 Å². The lowest BCUT2D eigenvalue weighted by Crippen LogP contribution is -2.37. The number of halogens is 3. The zero-order chi connectivity index (χ0) is 14.8. The van der Waals surface area contributed by atoms with Gasteiger partial charge < -0.3 is 5.32 Å². The fraction of sp³-hybridized carbons (Fsp3) is 0.625. The summed E-state index contributed by atoms with van der Waals surface area (Å²) < 4.78 is 39.7. The fourth-order valence-corrected chi connectivity index (χ4v) is 3.11. The molecule has 2 fully saturated rings. The van der Waals surface area contributed by atoms with Gasteiger partial charge in [-0.25, -0.2) is 13.2 Å². The Morgan fingerprint density at radius 1 is 1.00 bits per heavy atom. The van der Waals surface area contributed by atoms with Crippen LogP contribution in [0.1, 0.15) is 31.2 Å². The molecule has 21 heavy (non-hydrogen) atoms. The Bertz CT molecular complexity index is 473.